The van der Waals surface area contributed by atoms with Crippen LogP contribution in [0.3, 0.4) is 0 Å². The Kier molecular flexibility index (Phi) is 5.86. The Labute approximate surface area is 156 Å². The van der Waals surface area contributed by atoms with Crippen molar-refractivity contribution in [1.29, 1.82) is 5.26 Å². The molecule has 136 valence electrons. The summed E-state index contributed by atoms with van der Waals surface area (Å²) in [6.07, 6.45) is -3.84. The van der Waals surface area contributed by atoms with E-state index in [2.05, 4.69) is 4.74 Å². The lowest BCUT2D eigenvalue weighted by Crippen LogP contribution is -2.16. The smallest absolute Gasteiger partial charge is 0.406 e. The highest BCUT2D eigenvalue weighted by Crippen LogP contribution is 2.30. The van der Waals surface area contributed by atoms with Crippen LogP contribution in [0.15, 0.2) is 52.3 Å². The van der Waals surface area contributed by atoms with Crippen molar-refractivity contribution in [3.8, 4) is 11.8 Å². The Morgan fingerprint density at radius 3 is 2.27 bits per heavy atom. The molecule has 0 aliphatic heterocycles. The number of ether oxygens (including phenoxy) is 1. The van der Waals surface area contributed by atoms with Crippen molar-refractivity contribution < 1.29 is 26.3 Å². The average Bonchev–Trinajstić information content (AvgIpc) is 2.54. The number of sulfone groups is 1. The summed E-state index contributed by atoms with van der Waals surface area (Å²) in [6.45, 7) is 0. The molecule has 0 unspecified atom stereocenters. The Morgan fingerprint density at radius 2 is 1.73 bits per heavy atom. The summed E-state index contributed by atoms with van der Waals surface area (Å²) < 4.78 is 65.3. The SMILES string of the molecule is N#C/C(=C\c1ccc(OC(F)(F)F)cc1)S(=O)(=O)c1cc(Cl)ccc1Cl. The molecule has 0 saturated heterocycles. The molecule has 0 atom stereocenters. The van der Waals surface area contributed by atoms with Crippen molar-refractivity contribution >= 4 is 39.1 Å². The van der Waals surface area contributed by atoms with Gasteiger partial charge < -0.3 is 4.74 Å². The zero-order valence-electron chi connectivity index (χ0n) is 12.6. The highest BCUT2D eigenvalue weighted by Gasteiger charge is 2.31. The van der Waals surface area contributed by atoms with E-state index in [9.17, 15) is 26.9 Å². The van der Waals surface area contributed by atoms with E-state index in [-0.39, 0.29) is 20.5 Å². The fourth-order valence-corrected chi connectivity index (χ4v) is 3.80. The molecule has 0 aliphatic rings. The quantitative estimate of drug-likeness (QED) is 0.633. The molecule has 0 radical (unpaired) electrons. The molecule has 0 heterocycles. The number of nitriles is 1. The van der Waals surface area contributed by atoms with Gasteiger partial charge in [-0.25, -0.2) is 8.42 Å². The van der Waals surface area contributed by atoms with Crippen LogP contribution in [0.4, 0.5) is 13.2 Å². The van der Waals surface area contributed by atoms with Crippen LogP contribution >= 0.6 is 23.2 Å². The van der Waals surface area contributed by atoms with Crippen LogP contribution in [-0.2, 0) is 9.84 Å². The summed E-state index contributed by atoms with van der Waals surface area (Å²) in [6, 6.07) is 9.65. The van der Waals surface area contributed by atoms with Gasteiger partial charge in [0.05, 0.1) is 9.92 Å². The molecule has 0 spiro atoms. The van der Waals surface area contributed by atoms with E-state index < -0.39 is 26.9 Å². The standard InChI is InChI=1S/C16H8Cl2F3NO3S/c17-11-3-6-14(18)15(8-11)26(23,24)13(9-22)7-10-1-4-12(5-2-10)25-16(19,20)21/h1-8H/b13-7+. The van der Waals surface area contributed by atoms with Crippen LogP contribution < -0.4 is 4.74 Å². The first kappa shape index (κ1) is 20.1. The van der Waals surface area contributed by atoms with E-state index >= 15 is 0 Å². The average molecular weight is 422 g/mol. The molecular weight excluding hydrogens is 414 g/mol. The van der Waals surface area contributed by atoms with Crippen molar-refractivity contribution in [3.63, 3.8) is 0 Å². The lowest BCUT2D eigenvalue weighted by molar-refractivity contribution is -0.274. The third-order valence-corrected chi connectivity index (χ3v) is 5.38. The molecule has 0 fully saturated rings. The minimum Gasteiger partial charge on any atom is -0.406 e. The lowest BCUT2D eigenvalue weighted by Gasteiger charge is -2.09. The summed E-state index contributed by atoms with van der Waals surface area (Å²) in [5, 5.41) is 9.19. The molecule has 26 heavy (non-hydrogen) atoms. The highest BCUT2D eigenvalue weighted by atomic mass is 35.5. The number of allylic oxidation sites excluding steroid dienone is 1. The van der Waals surface area contributed by atoms with Crippen molar-refractivity contribution in [2.45, 2.75) is 11.3 Å². The van der Waals surface area contributed by atoms with Crippen molar-refractivity contribution in [2.75, 3.05) is 0 Å². The fourth-order valence-electron chi connectivity index (χ4n) is 1.89. The molecular formula is C16H8Cl2F3NO3S. The molecule has 2 rings (SSSR count). The monoisotopic (exact) mass is 421 g/mol. The van der Waals surface area contributed by atoms with Gasteiger partial charge in [0.2, 0.25) is 9.84 Å². The second kappa shape index (κ2) is 7.58. The maximum atomic E-state index is 12.6. The molecule has 2 aromatic carbocycles. The van der Waals surface area contributed by atoms with Crippen LogP contribution in [0.25, 0.3) is 6.08 Å². The lowest BCUT2D eigenvalue weighted by atomic mass is 10.2. The molecule has 0 N–H and O–H groups in total. The number of benzene rings is 2. The number of hydrogen-bond acceptors (Lipinski definition) is 4. The van der Waals surface area contributed by atoms with Crippen molar-refractivity contribution in [3.05, 3.63) is 63.0 Å². The third-order valence-electron chi connectivity index (χ3n) is 2.99. The second-order valence-corrected chi connectivity index (χ2v) is 7.55. The molecule has 0 aromatic heterocycles. The number of alkyl halides is 3. The van der Waals surface area contributed by atoms with Gasteiger partial charge in [-0.05, 0) is 42.0 Å². The molecule has 0 bridgehead atoms. The van der Waals surface area contributed by atoms with Gasteiger partial charge in [-0.15, -0.1) is 13.2 Å². The van der Waals surface area contributed by atoms with E-state index in [0.29, 0.717) is 0 Å². The Morgan fingerprint density at radius 1 is 1.12 bits per heavy atom. The molecule has 0 aliphatic carbocycles. The zero-order valence-corrected chi connectivity index (χ0v) is 14.9. The van der Waals surface area contributed by atoms with E-state index in [1.54, 1.807) is 6.07 Å². The molecule has 0 saturated carbocycles. The largest absolute Gasteiger partial charge is 0.573 e. The zero-order chi connectivity index (χ0) is 19.5. The van der Waals surface area contributed by atoms with Gasteiger partial charge >= 0.3 is 6.36 Å². The van der Waals surface area contributed by atoms with Gasteiger partial charge in [0, 0.05) is 5.02 Å². The summed E-state index contributed by atoms with van der Waals surface area (Å²) in [4.78, 5) is -0.998. The van der Waals surface area contributed by atoms with Crippen LogP contribution in [0.1, 0.15) is 5.56 Å². The number of nitrogens with zero attached hydrogens (tertiary/aromatic N) is 1. The van der Waals surface area contributed by atoms with E-state index in [1.165, 1.54) is 24.3 Å². The molecule has 2 aromatic rings. The Bertz CT molecular complexity index is 995. The van der Waals surface area contributed by atoms with E-state index in [4.69, 9.17) is 23.2 Å². The van der Waals surface area contributed by atoms with Crippen molar-refractivity contribution in [1.82, 2.24) is 0 Å². The second-order valence-electron chi connectivity index (χ2n) is 4.82. The molecule has 0 amide bonds. The Hall–Kier alpha value is -2.21. The number of hydrogen-bond donors (Lipinski definition) is 0. The van der Waals surface area contributed by atoms with Crippen LogP contribution in [0.5, 0.6) is 5.75 Å². The number of rotatable bonds is 4. The van der Waals surface area contributed by atoms with Gasteiger partial charge in [-0.3, -0.25) is 0 Å². The molecule has 10 heteroatoms. The topological polar surface area (TPSA) is 67.2 Å². The minimum atomic E-state index is -4.85. The summed E-state index contributed by atoms with van der Waals surface area (Å²) >= 11 is 11.6. The first-order chi connectivity index (χ1) is 12.0. The third kappa shape index (κ3) is 4.91. The fraction of sp³-hybridized carbons (Fsp3) is 0.0625. The first-order valence-electron chi connectivity index (χ1n) is 6.71. The summed E-state index contributed by atoms with van der Waals surface area (Å²) in [7, 11) is -4.27. The maximum absolute atomic E-state index is 12.6. The highest BCUT2D eigenvalue weighted by molar-refractivity contribution is 7.95. The van der Waals surface area contributed by atoms with Gasteiger partial charge in [-0.1, -0.05) is 35.3 Å². The predicted molar refractivity (Wildman–Crippen MR) is 90.4 cm³/mol. The van der Waals surface area contributed by atoms with Crippen molar-refractivity contribution in [2.24, 2.45) is 0 Å². The minimum absolute atomic E-state index is 0.110. The summed E-state index contributed by atoms with van der Waals surface area (Å²) in [5.74, 6) is -0.478. The van der Waals surface area contributed by atoms with E-state index in [1.807, 2.05) is 0 Å². The Balaban J connectivity index is 2.41. The van der Waals surface area contributed by atoms with Crippen LogP contribution in [0.2, 0.25) is 10.0 Å². The first-order valence-corrected chi connectivity index (χ1v) is 8.94. The van der Waals surface area contributed by atoms with Crippen LogP contribution in [0, 0.1) is 11.3 Å². The van der Waals surface area contributed by atoms with E-state index in [0.717, 1.165) is 24.3 Å². The van der Waals surface area contributed by atoms with Gasteiger partial charge in [0.25, 0.3) is 0 Å². The molecule has 4 nitrogen and oxygen atoms in total. The van der Waals surface area contributed by atoms with Gasteiger partial charge in [0.1, 0.15) is 16.7 Å². The van der Waals surface area contributed by atoms with Crippen LogP contribution in [-0.4, -0.2) is 14.8 Å². The maximum Gasteiger partial charge on any atom is 0.573 e. The summed E-state index contributed by atoms with van der Waals surface area (Å²) in [5.41, 5.74) is 0.179. The van der Waals surface area contributed by atoms with Gasteiger partial charge in [-0.2, -0.15) is 5.26 Å². The normalized spacial score (nSPS) is 12.5. The van der Waals surface area contributed by atoms with Gasteiger partial charge in [0.15, 0.2) is 0 Å². The predicted octanol–water partition coefficient (Wildman–Crippen LogP) is 5.23. The number of halogens is 5.